The lowest BCUT2D eigenvalue weighted by molar-refractivity contribution is 0.0683. The molecule has 1 unspecified atom stereocenters. The number of benzene rings is 2. The zero-order valence-corrected chi connectivity index (χ0v) is 15.2. The van der Waals surface area contributed by atoms with Crippen LogP contribution in [0, 0.1) is 0 Å². The molecular formula is C20H21N3O4. The van der Waals surface area contributed by atoms with E-state index >= 15 is 0 Å². The fourth-order valence-corrected chi connectivity index (χ4v) is 2.46. The largest absolute Gasteiger partial charge is 0.483 e. The molecule has 1 heterocycles. The number of nitrogens with zero attached hydrogens (tertiary/aromatic N) is 2. The summed E-state index contributed by atoms with van der Waals surface area (Å²) in [6.07, 6.45) is -0.253. The SMILES string of the molecule is CCOC(C)c1noc(COc2ccccc2C(=O)Nc2ccccc2)n1. The third-order valence-electron chi connectivity index (χ3n) is 3.78. The van der Waals surface area contributed by atoms with E-state index in [2.05, 4.69) is 15.5 Å². The highest BCUT2D eigenvalue weighted by atomic mass is 16.5. The van der Waals surface area contributed by atoms with Gasteiger partial charge < -0.3 is 19.3 Å². The third-order valence-corrected chi connectivity index (χ3v) is 3.78. The Morgan fingerprint density at radius 3 is 2.67 bits per heavy atom. The summed E-state index contributed by atoms with van der Waals surface area (Å²) in [5.41, 5.74) is 1.13. The molecule has 1 amide bonds. The highest BCUT2D eigenvalue weighted by molar-refractivity contribution is 6.06. The molecule has 0 aliphatic carbocycles. The van der Waals surface area contributed by atoms with Crippen LogP contribution in [-0.2, 0) is 11.3 Å². The molecule has 27 heavy (non-hydrogen) atoms. The van der Waals surface area contributed by atoms with Crippen molar-refractivity contribution in [1.29, 1.82) is 0 Å². The van der Waals surface area contributed by atoms with E-state index in [9.17, 15) is 4.79 Å². The highest BCUT2D eigenvalue weighted by Crippen LogP contribution is 2.21. The van der Waals surface area contributed by atoms with Crippen molar-refractivity contribution in [2.75, 3.05) is 11.9 Å². The molecule has 3 rings (SSSR count). The Labute approximate surface area is 157 Å². The molecule has 0 aliphatic rings. The summed E-state index contributed by atoms with van der Waals surface area (Å²) in [7, 11) is 0. The second-order valence-corrected chi connectivity index (χ2v) is 5.75. The maximum Gasteiger partial charge on any atom is 0.264 e. The smallest absolute Gasteiger partial charge is 0.264 e. The average Bonchev–Trinajstić information content (AvgIpc) is 3.17. The number of carbonyl (C=O) groups is 1. The summed E-state index contributed by atoms with van der Waals surface area (Å²) in [5.74, 6) is 0.955. The molecule has 0 aliphatic heterocycles. The van der Waals surface area contributed by atoms with Gasteiger partial charge in [-0.05, 0) is 38.1 Å². The van der Waals surface area contributed by atoms with E-state index in [1.54, 1.807) is 24.3 Å². The van der Waals surface area contributed by atoms with Gasteiger partial charge in [0.1, 0.15) is 11.9 Å². The topological polar surface area (TPSA) is 86.5 Å². The zero-order valence-electron chi connectivity index (χ0n) is 15.2. The van der Waals surface area contributed by atoms with Crippen molar-refractivity contribution < 1.29 is 18.8 Å². The third kappa shape index (κ3) is 4.92. The molecule has 2 aromatic carbocycles. The minimum atomic E-state index is -0.256. The molecular weight excluding hydrogens is 346 g/mol. The number of rotatable bonds is 8. The Morgan fingerprint density at radius 2 is 1.89 bits per heavy atom. The molecule has 0 fully saturated rings. The Hall–Kier alpha value is -3.19. The molecule has 0 saturated heterocycles. The lowest BCUT2D eigenvalue weighted by Gasteiger charge is -2.10. The van der Waals surface area contributed by atoms with Gasteiger partial charge in [-0.3, -0.25) is 4.79 Å². The van der Waals surface area contributed by atoms with Crippen LogP contribution in [0.2, 0.25) is 0 Å². The molecule has 0 spiro atoms. The predicted molar refractivity (Wildman–Crippen MR) is 99.5 cm³/mol. The lowest BCUT2D eigenvalue weighted by Crippen LogP contribution is -2.13. The fourth-order valence-electron chi connectivity index (χ4n) is 2.46. The van der Waals surface area contributed by atoms with Crippen molar-refractivity contribution in [1.82, 2.24) is 10.1 Å². The predicted octanol–water partition coefficient (Wildman–Crippen LogP) is 4.00. The van der Waals surface area contributed by atoms with E-state index in [1.165, 1.54) is 0 Å². The van der Waals surface area contributed by atoms with Gasteiger partial charge in [-0.1, -0.05) is 35.5 Å². The maximum absolute atomic E-state index is 12.6. The number of carbonyl (C=O) groups excluding carboxylic acids is 1. The Balaban J connectivity index is 1.67. The first-order valence-electron chi connectivity index (χ1n) is 8.69. The fraction of sp³-hybridized carbons (Fsp3) is 0.250. The first-order valence-corrected chi connectivity index (χ1v) is 8.69. The van der Waals surface area contributed by atoms with E-state index in [0.29, 0.717) is 35.3 Å². The van der Waals surface area contributed by atoms with Crippen molar-refractivity contribution in [3.05, 3.63) is 71.9 Å². The van der Waals surface area contributed by atoms with E-state index < -0.39 is 0 Å². The van der Waals surface area contributed by atoms with Crippen molar-refractivity contribution in [2.45, 2.75) is 26.6 Å². The highest BCUT2D eigenvalue weighted by Gasteiger charge is 2.16. The summed E-state index contributed by atoms with van der Waals surface area (Å²) in [4.78, 5) is 16.8. The van der Waals surface area contributed by atoms with Gasteiger partial charge in [0, 0.05) is 12.3 Å². The summed E-state index contributed by atoms with van der Waals surface area (Å²) < 4.78 is 16.4. The van der Waals surface area contributed by atoms with Crippen LogP contribution < -0.4 is 10.1 Å². The molecule has 0 bridgehead atoms. The van der Waals surface area contributed by atoms with Crippen LogP contribution >= 0.6 is 0 Å². The first-order chi connectivity index (χ1) is 13.2. The van der Waals surface area contributed by atoms with E-state index in [0.717, 1.165) is 0 Å². The molecule has 1 atom stereocenters. The second kappa shape index (κ2) is 8.95. The van der Waals surface area contributed by atoms with Gasteiger partial charge in [0.05, 0.1) is 5.56 Å². The molecule has 7 nitrogen and oxygen atoms in total. The number of hydrogen-bond acceptors (Lipinski definition) is 6. The number of aromatic nitrogens is 2. The van der Waals surface area contributed by atoms with Crippen LogP contribution in [0.15, 0.2) is 59.1 Å². The van der Waals surface area contributed by atoms with E-state index in [1.807, 2.05) is 44.2 Å². The normalized spacial score (nSPS) is 11.8. The van der Waals surface area contributed by atoms with Crippen LogP contribution in [0.5, 0.6) is 5.75 Å². The number of hydrogen-bond donors (Lipinski definition) is 1. The summed E-state index contributed by atoms with van der Waals surface area (Å²) in [5, 5.41) is 6.73. The van der Waals surface area contributed by atoms with Gasteiger partial charge in [-0.25, -0.2) is 0 Å². The molecule has 7 heteroatoms. The molecule has 1 N–H and O–H groups in total. The Morgan fingerprint density at radius 1 is 1.15 bits per heavy atom. The number of amides is 1. The molecule has 0 radical (unpaired) electrons. The number of para-hydroxylation sites is 2. The van der Waals surface area contributed by atoms with Crippen molar-refractivity contribution in [3.8, 4) is 5.75 Å². The van der Waals surface area contributed by atoms with Gasteiger partial charge in [0.25, 0.3) is 11.8 Å². The van der Waals surface area contributed by atoms with Gasteiger partial charge in [-0.2, -0.15) is 4.98 Å². The summed E-state index contributed by atoms with van der Waals surface area (Å²) >= 11 is 0. The maximum atomic E-state index is 12.6. The minimum Gasteiger partial charge on any atom is -0.483 e. The van der Waals surface area contributed by atoms with Crippen molar-refractivity contribution in [2.24, 2.45) is 0 Å². The second-order valence-electron chi connectivity index (χ2n) is 5.75. The monoisotopic (exact) mass is 367 g/mol. The summed E-state index contributed by atoms with van der Waals surface area (Å²) in [6, 6.07) is 16.2. The van der Waals surface area contributed by atoms with Crippen molar-refractivity contribution in [3.63, 3.8) is 0 Å². The van der Waals surface area contributed by atoms with Gasteiger partial charge in [0.15, 0.2) is 12.4 Å². The van der Waals surface area contributed by atoms with Gasteiger partial charge in [-0.15, -0.1) is 0 Å². The minimum absolute atomic E-state index is 0.0570. The average molecular weight is 367 g/mol. The molecule has 1 aromatic heterocycles. The number of anilines is 1. The summed E-state index contributed by atoms with van der Waals surface area (Å²) in [6.45, 7) is 4.37. The Bertz CT molecular complexity index is 880. The van der Waals surface area contributed by atoms with E-state index in [-0.39, 0.29) is 18.6 Å². The lowest BCUT2D eigenvalue weighted by atomic mass is 10.2. The zero-order chi connectivity index (χ0) is 19.1. The number of ether oxygens (including phenoxy) is 2. The molecule has 3 aromatic rings. The number of nitrogens with one attached hydrogen (secondary N) is 1. The van der Waals surface area contributed by atoms with Crippen LogP contribution in [0.4, 0.5) is 5.69 Å². The van der Waals surface area contributed by atoms with Gasteiger partial charge in [0.2, 0.25) is 0 Å². The van der Waals surface area contributed by atoms with Crippen LogP contribution in [-0.4, -0.2) is 22.7 Å². The quantitative estimate of drug-likeness (QED) is 0.648. The standard InChI is InChI=1S/C20H21N3O4/c1-3-25-14(2)19-22-18(27-23-19)13-26-17-12-8-7-11-16(17)20(24)21-15-9-5-4-6-10-15/h4-12,14H,3,13H2,1-2H3,(H,21,24). The van der Waals surface area contributed by atoms with Crippen LogP contribution in [0.25, 0.3) is 0 Å². The van der Waals surface area contributed by atoms with E-state index in [4.69, 9.17) is 14.0 Å². The Kier molecular flexibility index (Phi) is 6.17. The van der Waals surface area contributed by atoms with Crippen molar-refractivity contribution >= 4 is 11.6 Å². The first kappa shape index (κ1) is 18.6. The van der Waals surface area contributed by atoms with Crippen LogP contribution in [0.1, 0.15) is 42.0 Å². The van der Waals surface area contributed by atoms with Gasteiger partial charge >= 0.3 is 0 Å². The molecule has 140 valence electrons. The van der Waals surface area contributed by atoms with Crippen LogP contribution in [0.3, 0.4) is 0 Å². The molecule has 0 saturated carbocycles.